The van der Waals surface area contributed by atoms with Gasteiger partial charge in [0.15, 0.2) is 0 Å². The predicted molar refractivity (Wildman–Crippen MR) is 185 cm³/mol. The first kappa shape index (κ1) is 34.0. The molecule has 0 aromatic heterocycles. The van der Waals surface area contributed by atoms with Crippen molar-refractivity contribution < 1.29 is 22.7 Å². The summed E-state index contributed by atoms with van der Waals surface area (Å²) in [6.07, 6.45) is 4.08. The third-order valence-corrected chi connectivity index (χ3v) is 10.3. The summed E-state index contributed by atoms with van der Waals surface area (Å²) in [6, 6.07) is 30.4. The molecule has 4 aromatic rings. The molecule has 1 N–H and O–H groups in total. The van der Waals surface area contributed by atoms with Crippen molar-refractivity contribution in [2.45, 2.75) is 62.6 Å². The van der Waals surface area contributed by atoms with Gasteiger partial charge in [-0.2, -0.15) is 0 Å². The number of hydrogen-bond donors (Lipinski definition) is 1. The normalized spacial score (nSPS) is 13.9. The number of anilines is 1. The monoisotopic (exact) mass is 673 g/mol. The lowest BCUT2D eigenvalue weighted by Crippen LogP contribution is -2.54. The lowest BCUT2D eigenvalue weighted by atomic mass is 10.0. The van der Waals surface area contributed by atoms with Gasteiger partial charge in [-0.15, -0.1) is 0 Å². The highest BCUT2D eigenvalue weighted by Gasteiger charge is 2.35. The number of carbonyl (C=O) groups excluding carboxylic acids is 2. The molecule has 2 amide bonds. The molecule has 1 saturated carbocycles. The van der Waals surface area contributed by atoms with E-state index < -0.39 is 28.5 Å². The largest absolute Gasteiger partial charge is 0.494 e. The van der Waals surface area contributed by atoms with E-state index in [1.54, 1.807) is 60.7 Å². The molecule has 0 heterocycles. The van der Waals surface area contributed by atoms with Gasteiger partial charge in [0.1, 0.15) is 18.3 Å². The van der Waals surface area contributed by atoms with Gasteiger partial charge in [-0.1, -0.05) is 85.1 Å². The SMILES string of the molecule is CCOc1ccc(N(CC(=O)N(Cc2cccc(Cl)c2)[C@H](Cc2ccccc2)C(=O)NC2CCCC2)S(=O)(=O)c2ccccc2)cc1. The van der Waals surface area contributed by atoms with Crippen LogP contribution in [0, 0.1) is 0 Å². The Kier molecular flexibility index (Phi) is 11.6. The molecule has 4 aromatic carbocycles. The topological polar surface area (TPSA) is 96.0 Å². The van der Waals surface area contributed by atoms with Crippen LogP contribution in [-0.2, 0) is 32.6 Å². The van der Waals surface area contributed by atoms with Gasteiger partial charge in [0, 0.05) is 24.0 Å². The molecule has 1 fully saturated rings. The summed E-state index contributed by atoms with van der Waals surface area (Å²) in [7, 11) is -4.19. The second-order valence-corrected chi connectivity index (χ2v) is 13.9. The Hall–Kier alpha value is -4.34. The Bertz CT molecular complexity index is 1730. The number of nitrogens with zero attached hydrogens (tertiary/aromatic N) is 2. The molecule has 0 unspecified atom stereocenters. The Labute approximate surface area is 282 Å². The minimum atomic E-state index is -4.19. The first-order valence-corrected chi connectivity index (χ1v) is 17.7. The standard InChI is InChI=1S/C37H40ClN3O5S/c1-2-46-33-22-20-32(21-23-33)41(47(44,45)34-18-7-4-8-19-34)27-36(42)40(26-29-14-11-15-30(38)24-29)35(25-28-12-5-3-6-13-28)37(43)39-31-16-9-10-17-31/h3-8,11-15,18-24,31,35H,2,9-10,16-17,25-27H2,1H3,(H,39,43)/t35-/m1/s1. The van der Waals surface area contributed by atoms with Crippen LogP contribution >= 0.6 is 11.6 Å². The summed E-state index contributed by atoms with van der Waals surface area (Å²) in [6.45, 7) is 1.83. The molecule has 0 bridgehead atoms. The van der Waals surface area contributed by atoms with E-state index in [4.69, 9.17) is 16.3 Å². The zero-order chi connectivity index (χ0) is 33.2. The van der Waals surface area contributed by atoms with Crippen LogP contribution in [-0.4, -0.2) is 50.4 Å². The molecule has 1 aliphatic rings. The van der Waals surface area contributed by atoms with Crippen LogP contribution in [0.25, 0.3) is 0 Å². The molecule has 10 heteroatoms. The number of sulfonamides is 1. The second kappa shape index (κ2) is 16.0. The third-order valence-electron chi connectivity index (χ3n) is 8.26. The number of benzene rings is 4. The number of nitrogens with one attached hydrogen (secondary N) is 1. The van der Waals surface area contributed by atoms with E-state index in [-0.39, 0.29) is 29.8 Å². The van der Waals surface area contributed by atoms with Crippen molar-refractivity contribution >= 4 is 39.1 Å². The predicted octanol–water partition coefficient (Wildman–Crippen LogP) is 6.63. The van der Waals surface area contributed by atoms with Crippen molar-refractivity contribution in [1.82, 2.24) is 10.2 Å². The molecule has 8 nitrogen and oxygen atoms in total. The fourth-order valence-electron chi connectivity index (χ4n) is 5.88. The van der Waals surface area contributed by atoms with Gasteiger partial charge in [0.05, 0.1) is 17.2 Å². The average Bonchev–Trinajstić information content (AvgIpc) is 3.59. The molecule has 246 valence electrons. The van der Waals surface area contributed by atoms with Gasteiger partial charge in [-0.3, -0.25) is 13.9 Å². The minimum Gasteiger partial charge on any atom is -0.494 e. The quantitative estimate of drug-likeness (QED) is 0.162. The van der Waals surface area contributed by atoms with Gasteiger partial charge in [0.25, 0.3) is 10.0 Å². The highest BCUT2D eigenvalue weighted by atomic mass is 35.5. The molecule has 47 heavy (non-hydrogen) atoms. The molecule has 0 aliphatic heterocycles. The molecule has 0 radical (unpaired) electrons. The Morgan fingerprint density at radius 1 is 0.872 bits per heavy atom. The maximum absolute atomic E-state index is 14.6. The number of carbonyl (C=O) groups is 2. The van der Waals surface area contributed by atoms with Gasteiger partial charge in [-0.05, 0) is 79.4 Å². The number of halogens is 1. The average molecular weight is 674 g/mol. The summed E-state index contributed by atoms with van der Waals surface area (Å²) in [5.41, 5.74) is 1.89. The van der Waals surface area contributed by atoms with Crippen LogP contribution in [0.3, 0.4) is 0 Å². The molecule has 5 rings (SSSR count). The Balaban J connectivity index is 1.56. The maximum atomic E-state index is 14.6. The van der Waals surface area contributed by atoms with Crippen LogP contribution in [0.4, 0.5) is 5.69 Å². The van der Waals surface area contributed by atoms with Gasteiger partial charge in [0.2, 0.25) is 11.8 Å². The van der Waals surface area contributed by atoms with E-state index in [1.807, 2.05) is 43.3 Å². The summed E-state index contributed by atoms with van der Waals surface area (Å²) in [5, 5.41) is 3.68. The van der Waals surface area contributed by atoms with E-state index >= 15 is 0 Å². The lowest BCUT2D eigenvalue weighted by molar-refractivity contribution is -0.140. The van der Waals surface area contributed by atoms with E-state index in [0.717, 1.165) is 41.1 Å². The molecule has 1 atom stereocenters. The van der Waals surface area contributed by atoms with E-state index in [9.17, 15) is 18.0 Å². The Morgan fingerprint density at radius 2 is 1.51 bits per heavy atom. The van der Waals surface area contributed by atoms with Gasteiger partial charge >= 0.3 is 0 Å². The molecule has 0 spiro atoms. The van der Waals surface area contributed by atoms with Crippen molar-refractivity contribution in [1.29, 1.82) is 0 Å². The van der Waals surface area contributed by atoms with Crippen molar-refractivity contribution in [2.75, 3.05) is 17.5 Å². The smallest absolute Gasteiger partial charge is 0.264 e. The molecule has 0 saturated heterocycles. The maximum Gasteiger partial charge on any atom is 0.264 e. The van der Waals surface area contributed by atoms with Crippen molar-refractivity contribution in [3.8, 4) is 5.75 Å². The summed E-state index contributed by atoms with van der Waals surface area (Å²) in [4.78, 5) is 30.3. The second-order valence-electron chi connectivity index (χ2n) is 11.6. The van der Waals surface area contributed by atoms with E-state index in [1.165, 1.54) is 17.0 Å². The van der Waals surface area contributed by atoms with Crippen molar-refractivity contribution in [3.05, 3.63) is 125 Å². The zero-order valence-corrected chi connectivity index (χ0v) is 28.0. The summed E-state index contributed by atoms with van der Waals surface area (Å²) >= 11 is 6.34. The number of ether oxygens (including phenoxy) is 1. The summed E-state index contributed by atoms with van der Waals surface area (Å²) < 4.78 is 35.0. The van der Waals surface area contributed by atoms with Gasteiger partial charge < -0.3 is 15.0 Å². The molecule has 1 aliphatic carbocycles. The zero-order valence-electron chi connectivity index (χ0n) is 26.4. The first-order chi connectivity index (χ1) is 22.7. The van der Waals surface area contributed by atoms with E-state index in [2.05, 4.69) is 5.32 Å². The lowest BCUT2D eigenvalue weighted by Gasteiger charge is -2.34. The highest BCUT2D eigenvalue weighted by molar-refractivity contribution is 7.92. The van der Waals surface area contributed by atoms with E-state index in [0.29, 0.717) is 23.1 Å². The van der Waals surface area contributed by atoms with Crippen LogP contribution in [0.1, 0.15) is 43.7 Å². The third kappa shape index (κ3) is 8.93. The fraction of sp³-hybridized carbons (Fsp3) is 0.297. The summed E-state index contributed by atoms with van der Waals surface area (Å²) in [5.74, 6) is -0.218. The number of hydrogen-bond acceptors (Lipinski definition) is 5. The first-order valence-electron chi connectivity index (χ1n) is 15.9. The van der Waals surface area contributed by atoms with Crippen LogP contribution in [0.15, 0.2) is 114 Å². The number of rotatable bonds is 14. The molecular formula is C37H40ClN3O5S. The van der Waals surface area contributed by atoms with Crippen molar-refractivity contribution in [2.24, 2.45) is 0 Å². The van der Waals surface area contributed by atoms with Crippen LogP contribution in [0.5, 0.6) is 5.75 Å². The van der Waals surface area contributed by atoms with Crippen molar-refractivity contribution in [3.63, 3.8) is 0 Å². The minimum absolute atomic E-state index is 0.0303. The van der Waals surface area contributed by atoms with Gasteiger partial charge in [-0.25, -0.2) is 8.42 Å². The van der Waals surface area contributed by atoms with Crippen LogP contribution < -0.4 is 14.4 Å². The highest BCUT2D eigenvalue weighted by Crippen LogP contribution is 2.27. The Morgan fingerprint density at radius 3 is 2.15 bits per heavy atom. The fourth-order valence-corrected chi connectivity index (χ4v) is 7.53. The van der Waals surface area contributed by atoms with Crippen LogP contribution in [0.2, 0.25) is 5.02 Å². The molecular weight excluding hydrogens is 634 g/mol. The number of amides is 2.